The predicted octanol–water partition coefficient (Wildman–Crippen LogP) is 1.04. The Morgan fingerprint density at radius 2 is 1.21 bits per heavy atom. The summed E-state index contributed by atoms with van der Waals surface area (Å²) in [5, 5.41) is 0. The van der Waals surface area contributed by atoms with E-state index < -0.39 is 30.2 Å². The molecule has 3 rings (SSSR count). The van der Waals surface area contributed by atoms with Crippen LogP contribution in [0.25, 0.3) is 0 Å². The molecule has 180 valence electrons. The fourth-order valence-corrected chi connectivity index (χ4v) is 4.46. The molecule has 0 saturated carbocycles. The van der Waals surface area contributed by atoms with Crippen LogP contribution < -0.4 is 14.2 Å². The van der Waals surface area contributed by atoms with Crippen molar-refractivity contribution in [3.8, 4) is 17.2 Å². The van der Waals surface area contributed by atoms with Crippen LogP contribution in [-0.2, 0) is 28.7 Å². The Morgan fingerprint density at radius 1 is 0.788 bits per heavy atom. The molecule has 0 aliphatic carbocycles. The SMILES string of the molecule is COC(=O)[C@@H]1CCC(=O)N1C(c1cc(OC)c(OC)c(OC)c1)N1C(=O)CC[C@H]1C(=O)OC. The lowest BCUT2D eigenvalue weighted by Gasteiger charge is -2.40. The quantitative estimate of drug-likeness (QED) is 0.520. The number of hydrogen-bond acceptors (Lipinski definition) is 9. The van der Waals surface area contributed by atoms with Gasteiger partial charge in [0, 0.05) is 18.4 Å². The van der Waals surface area contributed by atoms with Crippen molar-refractivity contribution in [2.75, 3.05) is 35.5 Å². The highest BCUT2D eigenvalue weighted by Gasteiger charge is 2.50. The Kier molecular flexibility index (Phi) is 7.29. The van der Waals surface area contributed by atoms with E-state index in [-0.39, 0.29) is 37.5 Å². The molecule has 2 aliphatic rings. The van der Waals surface area contributed by atoms with E-state index in [0.29, 0.717) is 22.8 Å². The van der Waals surface area contributed by atoms with Crippen molar-refractivity contribution in [1.82, 2.24) is 9.80 Å². The molecule has 0 N–H and O–H groups in total. The number of esters is 2. The number of benzene rings is 1. The number of likely N-dealkylation sites (tertiary alicyclic amines) is 2. The van der Waals surface area contributed by atoms with Crippen LogP contribution in [-0.4, -0.2) is 81.2 Å². The number of nitrogens with zero attached hydrogens (tertiary/aromatic N) is 2. The average Bonchev–Trinajstić information content (AvgIpc) is 3.40. The molecule has 0 unspecified atom stereocenters. The first-order chi connectivity index (χ1) is 15.8. The monoisotopic (exact) mass is 464 g/mol. The third-order valence-corrected chi connectivity index (χ3v) is 5.97. The molecule has 0 spiro atoms. The van der Waals surface area contributed by atoms with E-state index in [9.17, 15) is 19.2 Å². The summed E-state index contributed by atoms with van der Waals surface area (Å²) >= 11 is 0. The number of methoxy groups -OCH3 is 5. The summed E-state index contributed by atoms with van der Waals surface area (Å²) in [5.41, 5.74) is 0.401. The van der Waals surface area contributed by atoms with Crippen molar-refractivity contribution in [3.05, 3.63) is 17.7 Å². The highest BCUT2D eigenvalue weighted by atomic mass is 16.5. The lowest BCUT2D eigenvalue weighted by molar-refractivity contribution is -0.162. The Balaban J connectivity index is 2.24. The maximum atomic E-state index is 13.0. The second kappa shape index (κ2) is 9.97. The van der Waals surface area contributed by atoms with Gasteiger partial charge >= 0.3 is 11.9 Å². The first kappa shape index (κ1) is 24.1. The van der Waals surface area contributed by atoms with Crippen LogP contribution in [0, 0.1) is 0 Å². The number of carbonyl (C=O) groups is 4. The van der Waals surface area contributed by atoms with Crippen LogP contribution in [0.3, 0.4) is 0 Å². The maximum absolute atomic E-state index is 13.0. The molecule has 2 fully saturated rings. The molecule has 2 atom stereocenters. The third-order valence-electron chi connectivity index (χ3n) is 5.97. The van der Waals surface area contributed by atoms with E-state index in [1.807, 2.05) is 0 Å². The molecule has 0 aromatic heterocycles. The van der Waals surface area contributed by atoms with Crippen LogP contribution in [0.15, 0.2) is 12.1 Å². The van der Waals surface area contributed by atoms with Crippen LogP contribution in [0.4, 0.5) is 0 Å². The van der Waals surface area contributed by atoms with Crippen molar-refractivity contribution >= 4 is 23.8 Å². The van der Waals surface area contributed by atoms with Gasteiger partial charge in [0.2, 0.25) is 17.6 Å². The minimum Gasteiger partial charge on any atom is -0.493 e. The summed E-state index contributed by atoms with van der Waals surface area (Å²) in [4.78, 5) is 53.8. The van der Waals surface area contributed by atoms with Crippen LogP contribution in [0.5, 0.6) is 17.2 Å². The van der Waals surface area contributed by atoms with Gasteiger partial charge in [0.25, 0.3) is 0 Å². The maximum Gasteiger partial charge on any atom is 0.328 e. The standard InChI is InChI=1S/C22H28N2O9/c1-29-15-10-12(11-16(30-2)19(15)31-3)20(23-13(21(27)32-4)6-8-17(23)25)24-14(22(28)33-5)7-9-18(24)26/h10-11,13-14,20H,6-9H2,1-5H3/t13-,14-/m0/s1. The molecule has 0 bridgehead atoms. The Labute approximate surface area is 191 Å². The molecular weight excluding hydrogens is 436 g/mol. The largest absolute Gasteiger partial charge is 0.493 e. The van der Waals surface area contributed by atoms with Gasteiger partial charge < -0.3 is 33.5 Å². The first-order valence-corrected chi connectivity index (χ1v) is 10.4. The van der Waals surface area contributed by atoms with E-state index in [1.54, 1.807) is 12.1 Å². The molecule has 11 nitrogen and oxygen atoms in total. The van der Waals surface area contributed by atoms with Crippen molar-refractivity contribution in [3.63, 3.8) is 0 Å². The van der Waals surface area contributed by atoms with Crippen molar-refractivity contribution in [2.24, 2.45) is 0 Å². The number of rotatable bonds is 8. The van der Waals surface area contributed by atoms with Gasteiger partial charge in [0.1, 0.15) is 18.2 Å². The first-order valence-electron chi connectivity index (χ1n) is 10.4. The van der Waals surface area contributed by atoms with Gasteiger partial charge in [-0.15, -0.1) is 0 Å². The second-order valence-corrected chi connectivity index (χ2v) is 7.59. The van der Waals surface area contributed by atoms with E-state index in [1.165, 1.54) is 45.3 Å². The van der Waals surface area contributed by atoms with Crippen molar-refractivity contribution in [2.45, 2.75) is 43.9 Å². The van der Waals surface area contributed by atoms with Gasteiger partial charge in [0.05, 0.1) is 35.5 Å². The number of carbonyl (C=O) groups excluding carboxylic acids is 4. The van der Waals surface area contributed by atoms with Crippen LogP contribution in [0.2, 0.25) is 0 Å². The van der Waals surface area contributed by atoms with Crippen molar-refractivity contribution < 1.29 is 42.9 Å². The van der Waals surface area contributed by atoms with Crippen molar-refractivity contribution in [1.29, 1.82) is 0 Å². The van der Waals surface area contributed by atoms with Gasteiger partial charge in [-0.2, -0.15) is 0 Å². The molecule has 1 aromatic rings. The normalized spacial score (nSPS) is 20.3. The summed E-state index contributed by atoms with van der Waals surface area (Å²) < 4.78 is 26.1. The Hall–Kier alpha value is -3.50. The second-order valence-electron chi connectivity index (χ2n) is 7.59. The number of amides is 2. The molecule has 0 radical (unpaired) electrons. The zero-order valence-electron chi connectivity index (χ0n) is 19.3. The smallest absolute Gasteiger partial charge is 0.328 e. The molecule has 1 aromatic carbocycles. The summed E-state index contributed by atoms with van der Waals surface area (Å²) in [6.45, 7) is 0. The molecular formula is C22H28N2O9. The van der Waals surface area contributed by atoms with E-state index in [0.717, 1.165) is 0 Å². The fourth-order valence-electron chi connectivity index (χ4n) is 4.46. The Morgan fingerprint density at radius 3 is 1.55 bits per heavy atom. The average molecular weight is 464 g/mol. The molecule has 2 saturated heterocycles. The molecule has 33 heavy (non-hydrogen) atoms. The molecule has 2 heterocycles. The lowest BCUT2D eigenvalue weighted by Crippen LogP contribution is -2.52. The lowest BCUT2D eigenvalue weighted by atomic mass is 10.1. The molecule has 11 heteroatoms. The van der Waals surface area contributed by atoms with Gasteiger partial charge in [-0.25, -0.2) is 9.59 Å². The highest BCUT2D eigenvalue weighted by Crippen LogP contribution is 2.45. The Bertz CT molecular complexity index is 879. The summed E-state index contributed by atoms with van der Waals surface area (Å²) in [6, 6.07) is 1.31. The molecule has 2 amide bonds. The van der Waals surface area contributed by atoms with E-state index in [2.05, 4.69) is 0 Å². The third kappa shape index (κ3) is 4.27. The zero-order chi connectivity index (χ0) is 24.3. The van der Waals surface area contributed by atoms with Gasteiger partial charge in [0.15, 0.2) is 11.5 Å². The number of ether oxygens (including phenoxy) is 5. The zero-order valence-corrected chi connectivity index (χ0v) is 19.3. The van der Waals surface area contributed by atoms with Crippen LogP contribution in [0.1, 0.15) is 37.4 Å². The summed E-state index contributed by atoms with van der Waals surface area (Å²) in [7, 11) is 6.79. The van der Waals surface area contributed by atoms with E-state index in [4.69, 9.17) is 23.7 Å². The molecule has 2 aliphatic heterocycles. The minimum absolute atomic E-state index is 0.0889. The predicted molar refractivity (Wildman–Crippen MR) is 113 cm³/mol. The number of hydrogen-bond donors (Lipinski definition) is 0. The summed E-state index contributed by atoms with van der Waals surface area (Å²) in [6.07, 6.45) is -0.483. The van der Waals surface area contributed by atoms with Crippen LogP contribution >= 0.6 is 0 Å². The van der Waals surface area contributed by atoms with Gasteiger partial charge in [-0.1, -0.05) is 0 Å². The highest BCUT2D eigenvalue weighted by molar-refractivity contribution is 5.91. The topological polar surface area (TPSA) is 121 Å². The van der Waals surface area contributed by atoms with Gasteiger partial charge in [-0.3, -0.25) is 9.59 Å². The fraction of sp³-hybridized carbons (Fsp3) is 0.545. The van der Waals surface area contributed by atoms with Gasteiger partial charge in [-0.05, 0) is 25.0 Å². The van der Waals surface area contributed by atoms with E-state index >= 15 is 0 Å². The minimum atomic E-state index is -1.10. The summed E-state index contributed by atoms with van der Waals surface area (Å²) in [5.74, 6) is -1.03.